The molecule has 4 rings (SSSR count). The summed E-state index contributed by atoms with van der Waals surface area (Å²) in [5.74, 6) is -0.322. The Morgan fingerprint density at radius 3 is 2.41 bits per heavy atom. The number of carbonyl (C=O) groups excluding carboxylic acids is 3. The molecule has 1 aromatic rings. The van der Waals surface area contributed by atoms with Gasteiger partial charge in [-0.1, -0.05) is 44.2 Å². The monoisotopic (exact) mass is 368 g/mol. The largest absolute Gasteiger partial charge is 0.444 e. The van der Waals surface area contributed by atoms with Crippen LogP contribution in [0.1, 0.15) is 32.8 Å². The maximum atomic E-state index is 12.9. The lowest BCUT2D eigenvalue weighted by molar-refractivity contribution is -0.143. The molecule has 6 heteroatoms. The molecule has 2 aliphatic heterocycles. The van der Waals surface area contributed by atoms with E-state index in [0.29, 0.717) is 36.2 Å². The highest BCUT2D eigenvalue weighted by atomic mass is 16.6. The lowest BCUT2D eigenvalue weighted by Gasteiger charge is -2.22. The molecule has 27 heavy (non-hydrogen) atoms. The van der Waals surface area contributed by atoms with Crippen molar-refractivity contribution in [2.75, 3.05) is 6.54 Å². The van der Waals surface area contributed by atoms with Gasteiger partial charge in [0, 0.05) is 18.9 Å². The van der Waals surface area contributed by atoms with Crippen molar-refractivity contribution in [1.82, 2.24) is 9.80 Å². The van der Waals surface area contributed by atoms with Crippen molar-refractivity contribution in [3.05, 3.63) is 47.3 Å². The van der Waals surface area contributed by atoms with Gasteiger partial charge in [0.15, 0.2) is 0 Å². The molecule has 2 heterocycles. The van der Waals surface area contributed by atoms with Crippen LogP contribution in [0.3, 0.4) is 0 Å². The van der Waals surface area contributed by atoms with E-state index in [9.17, 15) is 14.4 Å². The highest BCUT2D eigenvalue weighted by molar-refractivity contribution is 6.04. The van der Waals surface area contributed by atoms with E-state index in [4.69, 9.17) is 4.74 Å². The predicted molar refractivity (Wildman–Crippen MR) is 97.8 cm³/mol. The van der Waals surface area contributed by atoms with Crippen molar-refractivity contribution in [2.45, 2.75) is 33.8 Å². The number of carbonyl (C=O) groups is 3. The van der Waals surface area contributed by atoms with Gasteiger partial charge in [0.2, 0.25) is 11.8 Å². The second-order valence-electron chi connectivity index (χ2n) is 7.75. The van der Waals surface area contributed by atoms with E-state index in [0.717, 1.165) is 5.56 Å². The average molecular weight is 368 g/mol. The SMILES string of the molecule is CC1C(=O)N(C(=O)C2C(C)C2C)C2=C1N(C(=O)OCc1ccccc1)CC2. The van der Waals surface area contributed by atoms with Crippen LogP contribution in [0, 0.1) is 23.7 Å². The summed E-state index contributed by atoms with van der Waals surface area (Å²) in [6.07, 6.45) is 0.0403. The highest BCUT2D eigenvalue weighted by Crippen LogP contribution is 2.49. The third-order valence-electron chi connectivity index (χ3n) is 6.18. The van der Waals surface area contributed by atoms with Crippen LogP contribution in [0.2, 0.25) is 0 Å². The molecular weight excluding hydrogens is 344 g/mol. The Kier molecular flexibility index (Phi) is 4.29. The molecule has 0 bridgehead atoms. The van der Waals surface area contributed by atoms with Crippen molar-refractivity contribution in [3.8, 4) is 0 Å². The van der Waals surface area contributed by atoms with Gasteiger partial charge in [0.05, 0.1) is 17.3 Å². The molecule has 3 atom stereocenters. The number of amides is 3. The molecule has 0 aromatic heterocycles. The second kappa shape index (κ2) is 6.51. The number of rotatable bonds is 3. The lowest BCUT2D eigenvalue weighted by Crippen LogP contribution is -2.38. The van der Waals surface area contributed by atoms with Gasteiger partial charge in [-0.2, -0.15) is 0 Å². The summed E-state index contributed by atoms with van der Waals surface area (Å²) in [5.41, 5.74) is 2.22. The lowest BCUT2D eigenvalue weighted by atomic mass is 10.1. The Bertz CT molecular complexity index is 824. The Hall–Kier alpha value is -2.63. The highest BCUT2D eigenvalue weighted by Gasteiger charge is 2.55. The van der Waals surface area contributed by atoms with Crippen molar-refractivity contribution >= 4 is 17.9 Å². The van der Waals surface area contributed by atoms with Crippen LogP contribution in [-0.4, -0.2) is 34.3 Å². The zero-order valence-electron chi connectivity index (χ0n) is 15.8. The van der Waals surface area contributed by atoms with Crippen LogP contribution in [0.15, 0.2) is 41.7 Å². The zero-order valence-corrected chi connectivity index (χ0v) is 15.8. The maximum absolute atomic E-state index is 12.9. The second-order valence-corrected chi connectivity index (χ2v) is 7.75. The zero-order chi connectivity index (χ0) is 19.3. The fourth-order valence-corrected chi connectivity index (χ4v) is 4.27. The van der Waals surface area contributed by atoms with Crippen molar-refractivity contribution in [2.24, 2.45) is 23.7 Å². The first kappa shape index (κ1) is 17.8. The average Bonchev–Trinajstić information content (AvgIpc) is 2.99. The number of hydrogen-bond donors (Lipinski definition) is 0. The number of ether oxygens (including phenoxy) is 1. The van der Waals surface area contributed by atoms with Gasteiger partial charge in [-0.05, 0) is 24.3 Å². The smallest absolute Gasteiger partial charge is 0.414 e. The Morgan fingerprint density at radius 1 is 1.11 bits per heavy atom. The maximum Gasteiger partial charge on any atom is 0.414 e. The van der Waals surface area contributed by atoms with E-state index in [-0.39, 0.29) is 24.3 Å². The molecule has 0 N–H and O–H groups in total. The molecule has 1 saturated carbocycles. The number of imide groups is 1. The van der Waals surface area contributed by atoms with Gasteiger partial charge in [0.1, 0.15) is 6.61 Å². The number of hydrogen-bond acceptors (Lipinski definition) is 4. The molecule has 1 aliphatic carbocycles. The van der Waals surface area contributed by atoms with Crippen molar-refractivity contribution in [3.63, 3.8) is 0 Å². The van der Waals surface area contributed by atoms with Crippen LogP contribution in [0.4, 0.5) is 4.79 Å². The topological polar surface area (TPSA) is 66.9 Å². The summed E-state index contributed by atoms with van der Waals surface area (Å²) in [7, 11) is 0. The molecule has 1 aromatic carbocycles. The summed E-state index contributed by atoms with van der Waals surface area (Å²) in [5, 5.41) is 0. The van der Waals surface area contributed by atoms with E-state index in [1.54, 1.807) is 6.92 Å². The fourth-order valence-electron chi connectivity index (χ4n) is 4.27. The molecule has 0 spiro atoms. The molecule has 3 unspecified atom stereocenters. The third kappa shape index (κ3) is 2.83. The normalized spacial score (nSPS) is 29.2. The van der Waals surface area contributed by atoms with E-state index in [1.165, 1.54) is 9.80 Å². The summed E-state index contributed by atoms with van der Waals surface area (Å²) in [4.78, 5) is 41.0. The van der Waals surface area contributed by atoms with Crippen LogP contribution in [0.5, 0.6) is 0 Å². The minimum Gasteiger partial charge on any atom is -0.444 e. The summed E-state index contributed by atoms with van der Waals surface area (Å²) < 4.78 is 5.43. The van der Waals surface area contributed by atoms with Gasteiger partial charge >= 0.3 is 6.09 Å². The van der Waals surface area contributed by atoms with Crippen LogP contribution in [-0.2, 0) is 20.9 Å². The summed E-state index contributed by atoms with van der Waals surface area (Å²) in [6, 6.07) is 9.47. The van der Waals surface area contributed by atoms with E-state index in [2.05, 4.69) is 0 Å². The van der Waals surface area contributed by atoms with Crippen molar-refractivity contribution < 1.29 is 19.1 Å². The van der Waals surface area contributed by atoms with E-state index < -0.39 is 12.0 Å². The molecule has 6 nitrogen and oxygen atoms in total. The van der Waals surface area contributed by atoms with Crippen molar-refractivity contribution in [1.29, 1.82) is 0 Å². The quantitative estimate of drug-likeness (QED) is 0.769. The summed E-state index contributed by atoms with van der Waals surface area (Å²) in [6.45, 7) is 6.45. The van der Waals surface area contributed by atoms with Crippen LogP contribution in [0.25, 0.3) is 0 Å². The predicted octanol–water partition coefficient (Wildman–Crippen LogP) is 3.15. The van der Waals surface area contributed by atoms with E-state index >= 15 is 0 Å². The van der Waals surface area contributed by atoms with E-state index in [1.807, 2.05) is 44.2 Å². The first-order valence-electron chi connectivity index (χ1n) is 9.51. The molecule has 0 radical (unpaired) electrons. The minimum atomic E-state index is -0.500. The van der Waals surface area contributed by atoms with Gasteiger partial charge in [-0.3, -0.25) is 19.4 Å². The molecular formula is C21H24N2O4. The molecule has 3 amide bonds. The third-order valence-corrected chi connectivity index (χ3v) is 6.18. The number of benzene rings is 1. The van der Waals surface area contributed by atoms with Gasteiger partial charge in [-0.25, -0.2) is 4.79 Å². The Morgan fingerprint density at radius 2 is 1.78 bits per heavy atom. The first-order chi connectivity index (χ1) is 12.9. The number of nitrogens with zero attached hydrogens (tertiary/aromatic N) is 2. The van der Waals surface area contributed by atoms with Gasteiger partial charge < -0.3 is 4.74 Å². The molecule has 1 fully saturated rings. The van der Waals surface area contributed by atoms with Crippen LogP contribution < -0.4 is 0 Å². The Labute approximate surface area is 158 Å². The fraction of sp³-hybridized carbons (Fsp3) is 0.476. The van der Waals surface area contributed by atoms with Crippen LogP contribution >= 0.6 is 0 Å². The molecule has 3 aliphatic rings. The van der Waals surface area contributed by atoms with Gasteiger partial charge in [0.25, 0.3) is 0 Å². The summed E-state index contributed by atoms with van der Waals surface area (Å²) >= 11 is 0. The Balaban J connectivity index is 1.50. The van der Waals surface area contributed by atoms with Gasteiger partial charge in [-0.15, -0.1) is 0 Å². The first-order valence-corrected chi connectivity index (χ1v) is 9.51. The minimum absolute atomic E-state index is 0.0907. The molecule has 0 saturated heterocycles. The standard InChI is InChI=1S/C21H24N2O4/c1-12-13(2)17(12)20(25)23-16-9-10-22(18(16)14(3)19(23)24)21(26)27-11-15-7-5-4-6-8-15/h4-8,12-14,17H,9-11H2,1-3H3. The molecule has 142 valence electrons.